The van der Waals surface area contributed by atoms with E-state index < -0.39 is 24.5 Å². The van der Waals surface area contributed by atoms with Crippen molar-refractivity contribution in [1.29, 1.82) is 0 Å². The molecular formula is C24H21Cl2NO4S. The van der Waals surface area contributed by atoms with Crippen molar-refractivity contribution in [2.45, 2.75) is 12.5 Å². The average Bonchev–Trinajstić information content (AvgIpc) is 2.79. The van der Waals surface area contributed by atoms with E-state index in [1.54, 1.807) is 18.2 Å². The summed E-state index contributed by atoms with van der Waals surface area (Å²) in [6.45, 7) is -0.412. The van der Waals surface area contributed by atoms with Crippen LogP contribution >= 0.6 is 35.0 Å². The Kier molecular flexibility index (Phi) is 8.56. The highest BCUT2D eigenvalue weighted by Gasteiger charge is 2.24. The molecule has 0 aliphatic heterocycles. The Balaban J connectivity index is 1.65. The average molecular weight is 490 g/mol. The standard InChI is InChI=1S/C24H21Cl2NO4S/c1-32-11-10-21(27-23(29)19-9-8-18(25)13-20(19)26)24(30)31-14-22(28)17-7-6-15-4-2-3-5-16(15)12-17/h2-9,12-13,21H,10-11,14H2,1H3,(H,27,29). The van der Waals surface area contributed by atoms with E-state index in [9.17, 15) is 14.4 Å². The Hall–Kier alpha value is -2.54. The highest BCUT2D eigenvalue weighted by atomic mass is 35.5. The van der Waals surface area contributed by atoms with Gasteiger partial charge in [-0.05, 0) is 53.5 Å². The fourth-order valence-electron chi connectivity index (χ4n) is 3.08. The number of nitrogens with one attached hydrogen (secondary N) is 1. The maximum Gasteiger partial charge on any atom is 0.329 e. The number of rotatable bonds is 9. The van der Waals surface area contributed by atoms with Crippen molar-refractivity contribution in [2.75, 3.05) is 18.6 Å². The molecule has 3 rings (SSSR count). The second-order valence-electron chi connectivity index (χ2n) is 7.02. The lowest BCUT2D eigenvalue weighted by molar-refractivity contribution is -0.144. The Bertz CT molecular complexity index is 1150. The van der Waals surface area contributed by atoms with Gasteiger partial charge in [0.2, 0.25) is 0 Å². The van der Waals surface area contributed by atoms with E-state index in [-0.39, 0.29) is 16.4 Å². The lowest BCUT2D eigenvalue weighted by Crippen LogP contribution is -2.42. The highest BCUT2D eigenvalue weighted by Crippen LogP contribution is 2.21. The van der Waals surface area contributed by atoms with E-state index in [2.05, 4.69) is 5.32 Å². The number of esters is 1. The minimum atomic E-state index is -0.911. The number of Topliss-reactive ketones (excluding diaryl/α,β-unsaturated/α-hetero) is 1. The van der Waals surface area contributed by atoms with Crippen molar-refractivity contribution >= 4 is 63.4 Å². The number of halogens is 2. The first-order chi connectivity index (χ1) is 15.4. The fourth-order valence-corrected chi connectivity index (χ4v) is 4.04. The van der Waals surface area contributed by atoms with Gasteiger partial charge in [0.25, 0.3) is 5.91 Å². The Morgan fingerprint density at radius 3 is 2.47 bits per heavy atom. The third kappa shape index (κ3) is 6.25. The Morgan fingerprint density at radius 2 is 1.75 bits per heavy atom. The van der Waals surface area contributed by atoms with Gasteiger partial charge >= 0.3 is 5.97 Å². The third-order valence-corrected chi connectivity index (χ3v) is 5.98. The SMILES string of the molecule is CSCCC(NC(=O)c1ccc(Cl)cc1Cl)C(=O)OCC(=O)c1ccc2ccccc2c1. The van der Waals surface area contributed by atoms with Crippen molar-refractivity contribution in [2.24, 2.45) is 0 Å². The van der Waals surface area contributed by atoms with Crippen molar-refractivity contribution in [1.82, 2.24) is 5.32 Å². The molecule has 0 heterocycles. The normalized spacial score (nSPS) is 11.7. The van der Waals surface area contributed by atoms with Gasteiger partial charge in [-0.1, -0.05) is 59.6 Å². The molecule has 1 atom stereocenters. The van der Waals surface area contributed by atoms with Crippen LogP contribution in [0.1, 0.15) is 27.1 Å². The van der Waals surface area contributed by atoms with Crippen LogP contribution in [0.2, 0.25) is 10.0 Å². The molecular weight excluding hydrogens is 469 g/mol. The van der Waals surface area contributed by atoms with Gasteiger partial charge in [-0.2, -0.15) is 11.8 Å². The number of carbonyl (C=O) groups is 3. The van der Waals surface area contributed by atoms with Crippen LogP contribution < -0.4 is 5.32 Å². The minimum absolute atomic E-state index is 0.179. The van der Waals surface area contributed by atoms with E-state index in [1.807, 2.05) is 36.6 Å². The maximum atomic E-state index is 12.7. The third-order valence-electron chi connectivity index (χ3n) is 4.79. The summed E-state index contributed by atoms with van der Waals surface area (Å²) in [5.74, 6) is -0.894. The van der Waals surface area contributed by atoms with Crippen molar-refractivity contribution in [3.8, 4) is 0 Å². The molecule has 0 spiro atoms. The largest absolute Gasteiger partial charge is 0.456 e. The zero-order chi connectivity index (χ0) is 23.1. The highest BCUT2D eigenvalue weighted by molar-refractivity contribution is 7.98. The van der Waals surface area contributed by atoms with Crippen molar-refractivity contribution in [3.05, 3.63) is 81.8 Å². The molecule has 0 saturated heterocycles. The van der Waals surface area contributed by atoms with Crippen LogP contribution in [0.3, 0.4) is 0 Å². The van der Waals surface area contributed by atoms with Gasteiger partial charge in [0.05, 0.1) is 10.6 Å². The summed E-state index contributed by atoms with van der Waals surface area (Å²) in [5, 5.41) is 5.17. The molecule has 0 aliphatic rings. The van der Waals surface area contributed by atoms with Gasteiger partial charge in [-0.15, -0.1) is 0 Å². The molecule has 3 aromatic rings. The topological polar surface area (TPSA) is 72.5 Å². The second-order valence-corrected chi connectivity index (χ2v) is 8.85. The zero-order valence-corrected chi connectivity index (χ0v) is 19.6. The Morgan fingerprint density at radius 1 is 1.00 bits per heavy atom. The van der Waals surface area contributed by atoms with E-state index in [1.165, 1.54) is 23.9 Å². The molecule has 5 nitrogen and oxygen atoms in total. The second kappa shape index (κ2) is 11.4. The van der Waals surface area contributed by atoms with Crippen molar-refractivity contribution in [3.63, 3.8) is 0 Å². The van der Waals surface area contributed by atoms with Crippen molar-refractivity contribution < 1.29 is 19.1 Å². The molecule has 1 amide bonds. The summed E-state index contributed by atoms with van der Waals surface area (Å²) in [5.41, 5.74) is 0.652. The first kappa shape index (κ1) is 24.1. The van der Waals surface area contributed by atoms with Crippen LogP contribution in [0.15, 0.2) is 60.7 Å². The van der Waals surface area contributed by atoms with E-state index in [4.69, 9.17) is 27.9 Å². The number of amides is 1. The van der Waals surface area contributed by atoms with Crippen LogP contribution in [0.4, 0.5) is 0 Å². The molecule has 8 heteroatoms. The predicted octanol–water partition coefficient (Wildman–Crippen LogP) is 5.42. The van der Waals surface area contributed by atoms with E-state index in [0.29, 0.717) is 22.8 Å². The summed E-state index contributed by atoms with van der Waals surface area (Å²) in [6, 6.07) is 16.6. The summed E-state index contributed by atoms with van der Waals surface area (Å²) >= 11 is 13.5. The zero-order valence-electron chi connectivity index (χ0n) is 17.3. The lowest BCUT2D eigenvalue weighted by atomic mass is 10.0. The molecule has 32 heavy (non-hydrogen) atoms. The van der Waals surface area contributed by atoms with Gasteiger partial charge in [-0.25, -0.2) is 4.79 Å². The molecule has 0 radical (unpaired) electrons. The molecule has 0 saturated carbocycles. The predicted molar refractivity (Wildman–Crippen MR) is 130 cm³/mol. The fraction of sp³-hybridized carbons (Fsp3) is 0.208. The molecule has 166 valence electrons. The van der Waals surface area contributed by atoms with Gasteiger partial charge in [0.15, 0.2) is 12.4 Å². The minimum Gasteiger partial charge on any atom is -0.456 e. The lowest BCUT2D eigenvalue weighted by Gasteiger charge is -2.17. The smallest absolute Gasteiger partial charge is 0.329 e. The van der Waals surface area contributed by atoms with Gasteiger partial charge in [-0.3, -0.25) is 9.59 Å². The molecule has 1 unspecified atom stereocenters. The number of benzene rings is 3. The van der Waals surface area contributed by atoms with Gasteiger partial charge in [0, 0.05) is 10.6 Å². The monoisotopic (exact) mass is 489 g/mol. The van der Waals surface area contributed by atoms with Crippen LogP contribution in [-0.2, 0) is 9.53 Å². The number of hydrogen-bond acceptors (Lipinski definition) is 5. The molecule has 0 aromatic heterocycles. The first-order valence-corrected chi connectivity index (χ1v) is 12.0. The van der Waals surface area contributed by atoms with Crippen LogP contribution in [0.25, 0.3) is 10.8 Å². The molecule has 1 N–H and O–H groups in total. The number of carbonyl (C=O) groups excluding carboxylic acids is 3. The number of thioether (sulfide) groups is 1. The Labute approximate surface area is 200 Å². The molecule has 3 aromatic carbocycles. The molecule has 0 fully saturated rings. The summed E-state index contributed by atoms with van der Waals surface area (Å²) in [7, 11) is 0. The summed E-state index contributed by atoms with van der Waals surface area (Å²) in [4.78, 5) is 37.8. The summed E-state index contributed by atoms with van der Waals surface area (Å²) < 4.78 is 5.25. The van der Waals surface area contributed by atoms with Crippen LogP contribution in [0.5, 0.6) is 0 Å². The maximum absolute atomic E-state index is 12.7. The quantitative estimate of drug-likeness (QED) is 0.320. The van der Waals surface area contributed by atoms with Gasteiger partial charge < -0.3 is 10.1 Å². The number of ketones is 1. The first-order valence-electron chi connectivity index (χ1n) is 9.82. The summed E-state index contributed by atoms with van der Waals surface area (Å²) in [6.07, 6.45) is 2.24. The molecule has 0 aliphatic carbocycles. The number of ether oxygens (including phenoxy) is 1. The van der Waals surface area contributed by atoms with Gasteiger partial charge in [0.1, 0.15) is 6.04 Å². The van der Waals surface area contributed by atoms with Crippen LogP contribution in [0, 0.1) is 0 Å². The number of hydrogen-bond donors (Lipinski definition) is 1. The van der Waals surface area contributed by atoms with Crippen LogP contribution in [-0.4, -0.2) is 42.3 Å². The molecule has 0 bridgehead atoms. The number of fused-ring (bicyclic) bond motifs is 1. The van der Waals surface area contributed by atoms with E-state index in [0.717, 1.165) is 10.8 Å². The van der Waals surface area contributed by atoms with E-state index >= 15 is 0 Å².